The first-order valence-electron chi connectivity index (χ1n) is 2.52. The summed E-state index contributed by atoms with van der Waals surface area (Å²) in [7, 11) is 0. The van der Waals surface area contributed by atoms with Gasteiger partial charge in [-0.2, -0.15) is 0 Å². The molecule has 0 aromatic heterocycles. The van der Waals surface area contributed by atoms with E-state index >= 15 is 0 Å². The van der Waals surface area contributed by atoms with E-state index in [0.29, 0.717) is 0 Å². The summed E-state index contributed by atoms with van der Waals surface area (Å²) in [5.41, 5.74) is 0. The number of rotatable bonds is 0. The van der Waals surface area contributed by atoms with Crippen molar-refractivity contribution in [2.45, 2.75) is 0 Å². The maximum absolute atomic E-state index is 12.7. The highest BCUT2D eigenvalue weighted by Crippen LogP contribution is 2.31. The lowest BCUT2D eigenvalue weighted by Gasteiger charge is -1.99. The van der Waals surface area contributed by atoms with Gasteiger partial charge >= 0.3 is 0 Å². The Kier molecular flexibility index (Phi) is 2.58. The molecule has 0 aliphatic rings. The summed E-state index contributed by atoms with van der Waals surface area (Å²) >= 11 is 15.8. The molecular formula is C6HCl3F2. The number of halogens is 5. The van der Waals surface area contributed by atoms with Crippen LogP contribution in [-0.2, 0) is 0 Å². The molecule has 0 spiro atoms. The fraction of sp³-hybridized carbons (Fsp3) is 0. The molecule has 0 atom stereocenters. The van der Waals surface area contributed by atoms with Gasteiger partial charge in [0.25, 0.3) is 0 Å². The van der Waals surface area contributed by atoms with Crippen LogP contribution in [0.15, 0.2) is 6.07 Å². The Balaban J connectivity index is 3.46. The van der Waals surface area contributed by atoms with E-state index < -0.39 is 16.7 Å². The van der Waals surface area contributed by atoms with Crippen LogP contribution in [0.2, 0.25) is 15.1 Å². The van der Waals surface area contributed by atoms with Gasteiger partial charge in [0.05, 0.1) is 10.0 Å². The average molecular weight is 217 g/mol. The van der Waals surface area contributed by atoms with Gasteiger partial charge in [0, 0.05) is 0 Å². The summed E-state index contributed by atoms with van der Waals surface area (Å²) in [6, 6.07) is 0.856. The van der Waals surface area contributed by atoms with Gasteiger partial charge in [-0.15, -0.1) is 0 Å². The topological polar surface area (TPSA) is 0 Å². The Morgan fingerprint density at radius 3 is 2.09 bits per heavy atom. The zero-order valence-electron chi connectivity index (χ0n) is 4.97. The normalized spacial score (nSPS) is 10.3. The Morgan fingerprint density at radius 2 is 1.55 bits per heavy atom. The van der Waals surface area contributed by atoms with Crippen LogP contribution < -0.4 is 0 Å². The molecule has 0 heterocycles. The van der Waals surface area contributed by atoms with Crippen molar-refractivity contribution in [2.75, 3.05) is 0 Å². The van der Waals surface area contributed by atoms with E-state index in [1.165, 1.54) is 0 Å². The van der Waals surface area contributed by atoms with Gasteiger partial charge in [0.15, 0.2) is 5.82 Å². The molecule has 1 rings (SSSR count). The molecule has 60 valence electrons. The lowest BCUT2D eigenvalue weighted by atomic mass is 10.3. The minimum absolute atomic E-state index is 0.189. The van der Waals surface area contributed by atoms with Crippen LogP contribution in [-0.4, -0.2) is 0 Å². The van der Waals surface area contributed by atoms with E-state index in [1.807, 2.05) is 0 Å². The quantitative estimate of drug-likeness (QED) is 0.456. The Bertz CT molecular complexity index is 272. The highest BCUT2D eigenvalue weighted by molar-refractivity contribution is 6.43. The minimum atomic E-state index is -1.03. The molecule has 0 saturated carbocycles. The molecule has 5 heteroatoms. The summed E-state index contributed by atoms with van der Waals surface area (Å²) in [6.45, 7) is 0. The largest absolute Gasteiger partial charge is 0.205 e. The van der Waals surface area contributed by atoms with Crippen molar-refractivity contribution in [3.63, 3.8) is 0 Å². The third-order valence-corrected chi connectivity index (χ3v) is 2.17. The van der Waals surface area contributed by atoms with Gasteiger partial charge in [-0.05, 0) is 6.07 Å². The van der Waals surface area contributed by atoms with Crippen molar-refractivity contribution in [2.24, 2.45) is 0 Å². The zero-order chi connectivity index (χ0) is 8.59. The third-order valence-electron chi connectivity index (χ3n) is 1.06. The van der Waals surface area contributed by atoms with Gasteiger partial charge in [-0.3, -0.25) is 0 Å². The van der Waals surface area contributed by atoms with E-state index in [2.05, 4.69) is 0 Å². The standard InChI is InChI=1S/C6HCl3F2/c7-2-1-3(10)5(9)6(11)4(2)8/h1H. The third kappa shape index (κ3) is 1.58. The van der Waals surface area contributed by atoms with Gasteiger partial charge in [0.2, 0.25) is 0 Å². The Hall–Kier alpha value is -0.0500. The van der Waals surface area contributed by atoms with Crippen LogP contribution in [0.3, 0.4) is 0 Å². The number of benzene rings is 1. The molecule has 0 bridgehead atoms. The Morgan fingerprint density at radius 1 is 1.00 bits per heavy atom. The maximum Gasteiger partial charge on any atom is 0.164 e. The molecule has 0 fully saturated rings. The predicted molar refractivity (Wildman–Crippen MR) is 41.4 cm³/mol. The number of hydrogen-bond donors (Lipinski definition) is 0. The van der Waals surface area contributed by atoms with Crippen molar-refractivity contribution < 1.29 is 8.78 Å². The summed E-state index contributed by atoms with van der Waals surface area (Å²) in [5, 5.41) is -1.19. The highest BCUT2D eigenvalue weighted by atomic mass is 35.5. The SMILES string of the molecule is Fc1cc(Cl)c(Cl)c(F)c1Cl. The molecule has 1 aromatic rings. The second-order valence-corrected chi connectivity index (χ2v) is 2.95. The lowest BCUT2D eigenvalue weighted by Crippen LogP contribution is -1.85. The van der Waals surface area contributed by atoms with Gasteiger partial charge in [-0.25, -0.2) is 8.78 Å². The van der Waals surface area contributed by atoms with Gasteiger partial charge < -0.3 is 0 Å². The smallest absolute Gasteiger partial charge is 0.164 e. The summed E-state index contributed by atoms with van der Waals surface area (Å²) in [6.07, 6.45) is 0. The minimum Gasteiger partial charge on any atom is -0.205 e. The fourth-order valence-corrected chi connectivity index (χ4v) is 1.07. The molecule has 0 radical (unpaired) electrons. The zero-order valence-corrected chi connectivity index (χ0v) is 7.23. The van der Waals surface area contributed by atoms with Crippen molar-refractivity contribution >= 4 is 34.8 Å². The highest BCUT2D eigenvalue weighted by Gasteiger charge is 2.13. The molecule has 0 saturated heterocycles. The Labute approximate surface area is 76.7 Å². The molecular weight excluding hydrogens is 216 g/mol. The first kappa shape index (κ1) is 9.04. The second-order valence-electron chi connectivity index (χ2n) is 1.78. The molecule has 1 aromatic carbocycles. The molecule has 0 N–H and O–H groups in total. The molecule has 0 nitrogen and oxygen atoms in total. The maximum atomic E-state index is 12.7. The van der Waals surface area contributed by atoms with E-state index in [4.69, 9.17) is 34.8 Å². The van der Waals surface area contributed by atoms with Gasteiger partial charge in [0.1, 0.15) is 10.8 Å². The van der Waals surface area contributed by atoms with Crippen LogP contribution in [0.4, 0.5) is 8.78 Å². The molecule has 0 aliphatic heterocycles. The van der Waals surface area contributed by atoms with Crippen LogP contribution in [0.1, 0.15) is 0 Å². The van der Waals surface area contributed by atoms with E-state index in [9.17, 15) is 8.78 Å². The first-order chi connectivity index (χ1) is 5.04. The molecule has 0 aliphatic carbocycles. The van der Waals surface area contributed by atoms with Crippen molar-refractivity contribution in [3.05, 3.63) is 32.8 Å². The summed E-state index contributed by atoms with van der Waals surface area (Å²) in [5.74, 6) is -1.95. The molecule has 11 heavy (non-hydrogen) atoms. The van der Waals surface area contributed by atoms with E-state index in [0.717, 1.165) is 6.07 Å². The van der Waals surface area contributed by atoms with Crippen LogP contribution >= 0.6 is 34.8 Å². The van der Waals surface area contributed by atoms with E-state index in [1.54, 1.807) is 0 Å². The summed E-state index contributed by atoms with van der Waals surface area (Å²) < 4.78 is 25.2. The van der Waals surface area contributed by atoms with Crippen molar-refractivity contribution in [1.29, 1.82) is 0 Å². The monoisotopic (exact) mass is 216 g/mol. The van der Waals surface area contributed by atoms with Crippen LogP contribution in [0, 0.1) is 11.6 Å². The number of hydrogen-bond acceptors (Lipinski definition) is 0. The lowest BCUT2D eigenvalue weighted by molar-refractivity contribution is 0.584. The van der Waals surface area contributed by atoms with E-state index in [-0.39, 0.29) is 10.0 Å². The average Bonchev–Trinajstić information content (AvgIpc) is 1.97. The van der Waals surface area contributed by atoms with Crippen molar-refractivity contribution in [3.8, 4) is 0 Å². The van der Waals surface area contributed by atoms with Crippen LogP contribution in [0.5, 0.6) is 0 Å². The predicted octanol–water partition coefficient (Wildman–Crippen LogP) is 3.93. The van der Waals surface area contributed by atoms with Crippen LogP contribution in [0.25, 0.3) is 0 Å². The molecule has 0 amide bonds. The fourth-order valence-electron chi connectivity index (χ4n) is 0.544. The summed E-state index contributed by atoms with van der Waals surface area (Å²) in [4.78, 5) is 0. The molecule has 0 unspecified atom stereocenters. The van der Waals surface area contributed by atoms with Gasteiger partial charge in [-0.1, -0.05) is 34.8 Å². The second kappa shape index (κ2) is 3.13. The first-order valence-corrected chi connectivity index (χ1v) is 3.66. The van der Waals surface area contributed by atoms with Crippen molar-refractivity contribution in [1.82, 2.24) is 0 Å².